The Morgan fingerprint density at radius 2 is 1.86 bits per heavy atom. The first-order valence-corrected chi connectivity index (χ1v) is 14.0. The lowest BCUT2D eigenvalue weighted by atomic mass is 10.1. The van der Waals surface area contributed by atoms with Gasteiger partial charge in [0.2, 0.25) is 0 Å². The van der Waals surface area contributed by atoms with Crippen molar-refractivity contribution in [1.82, 2.24) is 14.5 Å². The molecule has 1 aliphatic heterocycles. The average Bonchev–Trinajstić information content (AvgIpc) is 3.62. The van der Waals surface area contributed by atoms with E-state index in [1.165, 1.54) is 36.6 Å². The lowest BCUT2D eigenvalue weighted by molar-refractivity contribution is 0.0697. The van der Waals surface area contributed by atoms with Gasteiger partial charge in [0.05, 0.1) is 40.2 Å². The Hall–Kier alpha value is -5.22. The highest BCUT2D eigenvalue weighted by Gasteiger charge is 2.19. The topological polar surface area (TPSA) is 99.6 Å². The molecule has 0 atom stereocenters. The lowest BCUT2D eigenvalue weighted by Gasteiger charge is -2.19. The Kier molecular flexibility index (Phi) is 6.98. The number of halogens is 3. The van der Waals surface area contributed by atoms with Gasteiger partial charge in [-0.2, -0.15) is 0 Å². The summed E-state index contributed by atoms with van der Waals surface area (Å²) in [6.45, 7) is 0.585. The Bertz CT molecular complexity index is 2110. The minimum absolute atomic E-state index is 0.0159. The van der Waals surface area contributed by atoms with Crippen molar-refractivity contribution in [2.45, 2.75) is 19.4 Å². The molecule has 0 spiro atoms. The van der Waals surface area contributed by atoms with Gasteiger partial charge in [0.1, 0.15) is 29.6 Å². The van der Waals surface area contributed by atoms with Crippen molar-refractivity contribution in [1.29, 1.82) is 0 Å². The summed E-state index contributed by atoms with van der Waals surface area (Å²) in [7, 11) is 0. The van der Waals surface area contributed by atoms with Crippen LogP contribution in [0.1, 0.15) is 33.7 Å². The fraction of sp³-hybridized carbons (Fsp3) is 0.121. The Labute approximate surface area is 253 Å². The number of carboxylic acid groups (broad SMARTS) is 1. The predicted octanol–water partition coefficient (Wildman–Crippen LogP) is 7.86. The number of rotatable bonds is 8. The zero-order chi connectivity index (χ0) is 30.4. The minimum atomic E-state index is -1.06. The van der Waals surface area contributed by atoms with Gasteiger partial charge in [0, 0.05) is 35.6 Å². The number of pyridine rings is 1. The summed E-state index contributed by atoms with van der Waals surface area (Å²) in [6.07, 6.45) is 4.14. The number of imidazole rings is 1. The molecule has 6 aromatic rings. The summed E-state index contributed by atoms with van der Waals surface area (Å²) < 4.78 is 48.6. The Balaban J connectivity index is 1.16. The molecule has 11 heteroatoms. The number of benzene rings is 3. The van der Waals surface area contributed by atoms with Crippen LogP contribution in [0.15, 0.2) is 83.2 Å². The van der Waals surface area contributed by atoms with Gasteiger partial charge in [-0.1, -0.05) is 29.8 Å². The maximum Gasteiger partial charge on any atom is 0.335 e. The van der Waals surface area contributed by atoms with E-state index in [9.17, 15) is 14.3 Å². The van der Waals surface area contributed by atoms with Gasteiger partial charge in [-0.3, -0.25) is 4.57 Å². The van der Waals surface area contributed by atoms with Crippen molar-refractivity contribution in [3.8, 4) is 17.1 Å². The molecule has 1 aliphatic rings. The zero-order valence-corrected chi connectivity index (χ0v) is 23.6. The number of hydrogen-bond acceptors (Lipinski definition) is 6. The number of fused-ring (bicyclic) bond motifs is 2. The second kappa shape index (κ2) is 11.1. The van der Waals surface area contributed by atoms with Crippen molar-refractivity contribution in [2.24, 2.45) is 0 Å². The summed E-state index contributed by atoms with van der Waals surface area (Å²) in [5.41, 5.74) is 3.60. The molecule has 1 N–H and O–H groups in total. The van der Waals surface area contributed by atoms with E-state index in [1.807, 2.05) is 0 Å². The number of carbonyl (C=O) groups is 1. The van der Waals surface area contributed by atoms with E-state index in [2.05, 4.69) is 9.97 Å². The highest BCUT2D eigenvalue weighted by atomic mass is 35.5. The summed E-state index contributed by atoms with van der Waals surface area (Å²) in [5, 5.41) is 10.7. The van der Waals surface area contributed by atoms with Crippen LogP contribution < -0.4 is 4.74 Å². The van der Waals surface area contributed by atoms with Gasteiger partial charge in [-0.15, -0.1) is 0 Å². The third-order valence-electron chi connectivity index (χ3n) is 7.44. The summed E-state index contributed by atoms with van der Waals surface area (Å²) in [4.78, 5) is 20.5. The van der Waals surface area contributed by atoms with Gasteiger partial charge in [0.25, 0.3) is 5.88 Å². The Morgan fingerprint density at radius 1 is 1.02 bits per heavy atom. The smallest absolute Gasteiger partial charge is 0.335 e. The fourth-order valence-electron chi connectivity index (χ4n) is 5.06. The van der Waals surface area contributed by atoms with Crippen LogP contribution in [-0.4, -0.2) is 32.2 Å². The molecule has 220 valence electrons. The van der Waals surface area contributed by atoms with E-state index >= 15 is 4.39 Å². The minimum Gasteiger partial charge on any atom is -0.496 e. The quantitative estimate of drug-likeness (QED) is 0.186. The van der Waals surface area contributed by atoms with Crippen LogP contribution in [0.4, 0.5) is 8.78 Å². The SMILES string of the molecule is O=C(O)c1ccc2nc(Cc3ccc(-c4ccc(F)c(OCc5ccc(Cl)c6ccoc56)n4)cc3F)n(C=C3CCO3)c2c1. The van der Waals surface area contributed by atoms with E-state index in [0.717, 1.165) is 17.6 Å². The molecule has 1 saturated heterocycles. The van der Waals surface area contributed by atoms with Crippen LogP contribution >= 0.6 is 11.6 Å². The van der Waals surface area contributed by atoms with Crippen LogP contribution in [0.3, 0.4) is 0 Å². The molecule has 4 heterocycles. The number of furan rings is 1. The summed E-state index contributed by atoms with van der Waals surface area (Å²) >= 11 is 6.21. The molecular formula is C33H22ClF2N3O5. The van der Waals surface area contributed by atoms with Crippen LogP contribution in [0.2, 0.25) is 5.02 Å². The molecule has 0 radical (unpaired) electrons. The highest BCUT2D eigenvalue weighted by Crippen LogP contribution is 2.30. The van der Waals surface area contributed by atoms with E-state index in [0.29, 0.717) is 56.5 Å². The molecule has 7 rings (SSSR count). The predicted molar refractivity (Wildman–Crippen MR) is 159 cm³/mol. The first-order chi connectivity index (χ1) is 21.3. The second-order valence-corrected chi connectivity index (χ2v) is 10.6. The number of aromatic nitrogens is 3. The maximum absolute atomic E-state index is 15.5. The van der Waals surface area contributed by atoms with Crippen molar-refractivity contribution in [2.75, 3.05) is 6.61 Å². The molecule has 0 saturated carbocycles. The van der Waals surface area contributed by atoms with Crippen molar-refractivity contribution >= 4 is 45.8 Å². The molecule has 3 aromatic heterocycles. The highest BCUT2D eigenvalue weighted by molar-refractivity contribution is 6.35. The monoisotopic (exact) mass is 613 g/mol. The molecule has 44 heavy (non-hydrogen) atoms. The molecule has 0 bridgehead atoms. The molecule has 0 unspecified atom stereocenters. The van der Waals surface area contributed by atoms with E-state index in [4.69, 9.17) is 25.5 Å². The third-order valence-corrected chi connectivity index (χ3v) is 7.77. The molecular weight excluding hydrogens is 592 g/mol. The van der Waals surface area contributed by atoms with Crippen molar-refractivity contribution in [3.63, 3.8) is 0 Å². The number of aromatic carboxylic acids is 1. The van der Waals surface area contributed by atoms with Gasteiger partial charge in [-0.25, -0.2) is 23.5 Å². The fourth-order valence-corrected chi connectivity index (χ4v) is 5.27. The summed E-state index contributed by atoms with van der Waals surface area (Å²) in [6, 6.07) is 17.1. The molecule has 8 nitrogen and oxygen atoms in total. The average molecular weight is 614 g/mol. The van der Waals surface area contributed by atoms with E-state index in [1.54, 1.807) is 47.2 Å². The van der Waals surface area contributed by atoms with Crippen LogP contribution in [0.25, 0.3) is 39.5 Å². The largest absolute Gasteiger partial charge is 0.496 e. The van der Waals surface area contributed by atoms with Gasteiger partial charge in [0.15, 0.2) is 5.82 Å². The first kappa shape index (κ1) is 27.6. The molecule has 3 aromatic carbocycles. The van der Waals surface area contributed by atoms with Gasteiger partial charge < -0.3 is 19.0 Å². The molecule has 1 fully saturated rings. The molecule has 0 aliphatic carbocycles. The number of carboxylic acids is 1. The number of hydrogen-bond donors (Lipinski definition) is 1. The number of ether oxygens (including phenoxy) is 2. The third kappa shape index (κ3) is 5.13. The second-order valence-electron chi connectivity index (χ2n) is 10.2. The Morgan fingerprint density at radius 3 is 2.64 bits per heavy atom. The normalized spacial score (nSPS) is 13.8. The van der Waals surface area contributed by atoms with Crippen molar-refractivity contribution < 1.29 is 32.6 Å². The first-order valence-electron chi connectivity index (χ1n) is 13.6. The van der Waals surface area contributed by atoms with Gasteiger partial charge >= 0.3 is 5.97 Å². The maximum atomic E-state index is 15.5. The van der Waals surface area contributed by atoms with Crippen molar-refractivity contribution in [3.05, 3.63) is 118 Å². The van der Waals surface area contributed by atoms with E-state index in [-0.39, 0.29) is 24.5 Å². The van der Waals surface area contributed by atoms with Crippen LogP contribution in [-0.2, 0) is 17.8 Å². The number of nitrogens with zero attached hydrogens (tertiary/aromatic N) is 3. The summed E-state index contributed by atoms with van der Waals surface area (Å²) in [5.74, 6) is -1.21. The van der Waals surface area contributed by atoms with Crippen LogP contribution in [0.5, 0.6) is 5.88 Å². The van der Waals surface area contributed by atoms with E-state index < -0.39 is 17.6 Å². The van der Waals surface area contributed by atoms with Crippen LogP contribution in [0, 0.1) is 11.6 Å². The molecule has 0 amide bonds. The standard InChI is InChI=1S/C33H22ClF2N3O5/c34-24-5-3-21(31-23(24)10-12-43-31)17-44-32-25(35)6-8-27(38-32)19-2-1-18(26(36)13-19)15-30-37-28-7-4-20(33(40)41)14-29(28)39(30)16-22-9-11-42-22/h1-8,10,12-14,16H,9,11,15,17H2,(H,40,41). The van der Waals surface area contributed by atoms with Gasteiger partial charge in [-0.05, 0) is 54.1 Å². The lowest BCUT2D eigenvalue weighted by Crippen LogP contribution is -2.11. The zero-order valence-electron chi connectivity index (χ0n) is 22.9.